The molecule has 2 N–H and O–H groups in total. The molecule has 0 saturated carbocycles. The van der Waals surface area contributed by atoms with Crippen molar-refractivity contribution in [3.05, 3.63) is 89.2 Å². The fraction of sp³-hybridized carbons (Fsp3) is 0.333. The molecule has 1 saturated heterocycles. The van der Waals surface area contributed by atoms with Gasteiger partial charge in [0, 0.05) is 74.1 Å². The normalized spacial score (nSPS) is 21.4. The Bertz CT molecular complexity index is 1610. The summed E-state index contributed by atoms with van der Waals surface area (Å²) in [6.45, 7) is 6.64. The highest BCUT2D eigenvalue weighted by atomic mass is 35.5. The summed E-state index contributed by atoms with van der Waals surface area (Å²) in [5.41, 5.74) is 4.17. The maximum absolute atomic E-state index is 12.0. The molecular weight excluding hydrogens is 552 g/mol. The van der Waals surface area contributed by atoms with Crippen molar-refractivity contribution in [2.45, 2.75) is 25.4 Å². The van der Waals surface area contributed by atoms with Gasteiger partial charge in [0.1, 0.15) is 22.7 Å². The number of carboxylic acid groups (broad SMARTS) is 1. The average Bonchev–Trinajstić information content (AvgIpc) is 3.47. The second-order valence-corrected chi connectivity index (χ2v) is 11.8. The molecule has 2 aromatic carbocycles. The molecule has 2 unspecified atom stereocenters. The van der Waals surface area contributed by atoms with Crippen molar-refractivity contribution in [1.82, 2.24) is 14.9 Å². The molecule has 8 nitrogen and oxygen atoms in total. The zero-order chi connectivity index (χ0) is 29.3. The van der Waals surface area contributed by atoms with E-state index in [1.807, 2.05) is 49.7 Å². The van der Waals surface area contributed by atoms with E-state index in [9.17, 15) is 9.90 Å². The summed E-state index contributed by atoms with van der Waals surface area (Å²) in [5, 5.41) is 11.4. The Morgan fingerprint density at radius 3 is 2.64 bits per heavy atom. The lowest BCUT2D eigenvalue weighted by molar-refractivity contribution is -0.0532. The molecule has 0 spiro atoms. The minimum Gasteiger partial charge on any atom is -0.478 e. The number of benzene rings is 2. The number of halogens is 1. The van der Waals surface area contributed by atoms with Gasteiger partial charge in [-0.3, -0.25) is 4.90 Å². The molecule has 42 heavy (non-hydrogen) atoms. The van der Waals surface area contributed by atoms with E-state index in [1.54, 1.807) is 12.3 Å². The molecule has 3 heterocycles. The third-order valence-electron chi connectivity index (χ3n) is 8.78. The Kier molecular flexibility index (Phi) is 7.94. The van der Waals surface area contributed by atoms with Crippen molar-refractivity contribution in [1.29, 1.82) is 0 Å². The second-order valence-electron chi connectivity index (χ2n) is 11.3. The van der Waals surface area contributed by atoms with E-state index < -0.39 is 5.97 Å². The molecule has 218 valence electrons. The Hall–Kier alpha value is -3.85. The van der Waals surface area contributed by atoms with E-state index in [2.05, 4.69) is 44.9 Å². The molecule has 2 aliphatic rings. The number of methoxy groups -OCH3 is 1. The van der Waals surface area contributed by atoms with E-state index in [1.165, 1.54) is 11.1 Å². The molecule has 2 aromatic heterocycles. The predicted octanol–water partition coefficient (Wildman–Crippen LogP) is 6.73. The predicted molar refractivity (Wildman–Crippen MR) is 166 cm³/mol. The lowest BCUT2D eigenvalue weighted by Gasteiger charge is -2.44. The highest BCUT2D eigenvalue weighted by Crippen LogP contribution is 2.40. The van der Waals surface area contributed by atoms with Crippen LogP contribution in [-0.2, 0) is 4.74 Å². The minimum atomic E-state index is -1.03. The number of nitrogens with one attached hydrogen (secondary N) is 1. The molecule has 0 bridgehead atoms. The Morgan fingerprint density at radius 2 is 1.90 bits per heavy atom. The van der Waals surface area contributed by atoms with Crippen LogP contribution < -0.4 is 9.64 Å². The summed E-state index contributed by atoms with van der Waals surface area (Å²) in [4.78, 5) is 24.2. The highest BCUT2D eigenvalue weighted by molar-refractivity contribution is 6.30. The molecule has 2 atom stereocenters. The van der Waals surface area contributed by atoms with E-state index in [4.69, 9.17) is 21.1 Å². The van der Waals surface area contributed by atoms with Crippen LogP contribution in [0.1, 0.15) is 35.7 Å². The second kappa shape index (κ2) is 11.8. The number of hydrogen-bond acceptors (Lipinski definition) is 6. The van der Waals surface area contributed by atoms with Crippen LogP contribution in [0.15, 0.2) is 73.1 Å². The van der Waals surface area contributed by atoms with Gasteiger partial charge in [-0.25, -0.2) is 9.78 Å². The summed E-state index contributed by atoms with van der Waals surface area (Å²) in [7, 11) is 1.82. The van der Waals surface area contributed by atoms with E-state index in [0.29, 0.717) is 17.4 Å². The quantitative estimate of drug-likeness (QED) is 0.237. The van der Waals surface area contributed by atoms with Gasteiger partial charge in [0.15, 0.2) is 0 Å². The van der Waals surface area contributed by atoms with Gasteiger partial charge in [-0.05, 0) is 67.3 Å². The summed E-state index contributed by atoms with van der Waals surface area (Å²) < 4.78 is 12.1. The van der Waals surface area contributed by atoms with Crippen molar-refractivity contribution >= 4 is 39.9 Å². The zero-order valence-electron chi connectivity index (χ0n) is 23.8. The number of H-pyrrole nitrogens is 1. The van der Waals surface area contributed by atoms with E-state index >= 15 is 0 Å². The van der Waals surface area contributed by atoms with Crippen LogP contribution in [0, 0.1) is 5.92 Å². The molecule has 4 aromatic rings. The number of rotatable bonds is 8. The molecule has 0 amide bonds. The smallest absolute Gasteiger partial charge is 0.339 e. The summed E-state index contributed by atoms with van der Waals surface area (Å²) in [6.07, 6.45) is 7.55. The number of nitrogens with zero attached hydrogens (tertiary/aromatic N) is 3. The van der Waals surface area contributed by atoms with Crippen LogP contribution in [0.5, 0.6) is 11.5 Å². The topological polar surface area (TPSA) is 90.9 Å². The largest absolute Gasteiger partial charge is 0.478 e. The number of fused-ring (bicyclic) bond motifs is 1. The molecule has 1 aliphatic carbocycles. The Balaban J connectivity index is 1.13. The summed E-state index contributed by atoms with van der Waals surface area (Å²) in [5.74, 6) is 0.120. The van der Waals surface area contributed by atoms with Gasteiger partial charge in [0.2, 0.25) is 0 Å². The maximum Gasteiger partial charge on any atom is 0.339 e. The molecule has 1 fully saturated rings. The first-order chi connectivity index (χ1) is 20.3. The Morgan fingerprint density at radius 1 is 1.12 bits per heavy atom. The fourth-order valence-electron chi connectivity index (χ4n) is 6.04. The summed E-state index contributed by atoms with van der Waals surface area (Å²) in [6, 6.07) is 17.2. The van der Waals surface area contributed by atoms with Gasteiger partial charge in [-0.1, -0.05) is 29.8 Å². The zero-order valence-corrected chi connectivity index (χ0v) is 24.6. The number of aromatic carboxylic acids is 1. The van der Waals surface area contributed by atoms with Crippen molar-refractivity contribution in [2.75, 3.05) is 44.7 Å². The first-order valence-corrected chi connectivity index (χ1v) is 14.6. The first-order valence-electron chi connectivity index (χ1n) is 14.3. The van der Waals surface area contributed by atoms with Crippen LogP contribution in [0.25, 0.3) is 16.6 Å². The van der Waals surface area contributed by atoms with Gasteiger partial charge in [0.05, 0.1) is 11.8 Å². The van der Waals surface area contributed by atoms with Crippen molar-refractivity contribution in [3.63, 3.8) is 0 Å². The number of carboxylic acids is 1. The van der Waals surface area contributed by atoms with Crippen LogP contribution in [0.3, 0.4) is 0 Å². The number of pyridine rings is 1. The minimum absolute atomic E-state index is 0.118. The number of aromatic nitrogens is 2. The van der Waals surface area contributed by atoms with Gasteiger partial charge in [0.25, 0.3) is 0 Å². The number of carbonyl (C=O) groups is 1. The van der Waals surface area contributed by atoms with Gasteiger partial charge in [-0.15, -0.1) is 0 Å². The van der Waals surface area contributed by atoms with E-state index in [-0.39, 0.29) is 11.2 Å². The van der Waals surface area contributed by atoms with Crippen molar-refractivity contribution < 1.29 is 19.4 Å². The van der Waals surface area contributed by atoms with Crippen LogP contribution in [-0.4, -0.2) is 71.4 Å². The molecule has 6 rings (SSSR count). The number of allylic oxidation sites excluding steroid dienone is 1. The highest BCUT2D eigenvalue weighted by Gasteiger charge is 2.38. The van der Waals surface area contributed by atoms with Crippen LogP contribution in [0.4, 0.5) is 5.69 Å². The lowest BCUT2D eigenvalue weighted by atomic mass is 9.75. The van der Waals surface area contributed by atoms with Gasteiger partial charge < -0.3 is 24.5 Å². The maximum atomic E-state index is 12.0. The third kappa shape index (κ3) is 5.88. The van der Waals surface area contributed by atoms with Crippen LogP contribution >= 0.6 is 11.6 Å². The Labute approximate surface area is 250 Å². The SMILES string of the molecule is COC1(C)CC=C(c2ccc(Cl)cc2)CC1CN1CCN(c2ccc(C(=O)O)c(Oc3cnc4[nH]ccc4c3)c2)CC1. The number of aromatic amines is 1. The van der Waals surface area contributed by atoms with Crippen molar-refractivity contribution in [2.24, 2.45) is 5.92 Å². The molecule has 0 radical (unpaired) electrons. The molecule has 1 aliphatic heterocycles. The lowest BCUT2D eigenvalue weighted by Crippen LogP contribution is -2.51. The number of anilines is 1. The summed E-state index contributed by atoms with van der Waals surface area (Å²) >= 11 is 6.13. The number of piperazine rings is 1. The van der Waals surface area contributed by atoms with Gasteiger partial charge >= 0.3 is 5.97 Å². The third-order valence-corrected chi connectivity index (χ3v) is 9.03. The number of ether oxygens (including phenoxy) is 2. The van der Waals surface area contributed by atoms with Gasteiger partial charge in [-0.2, -0.15) is 0 Å². The standard InChI is InChI=1S/C33H35ClN4O4/c1-33(41-2)11-9-23(22-3-5-26(34)6-4-22)17-25(33)21-37-13-15-38(16-14-37)27-7-8-29(32(39)40)30(19-27)42-28-18-24-10-12-35-31(24)36-20-28/h3-10,12,18-20,25H,11,13-17,21H2,1-2H3,(H,35,36)(H,39,40). The molecule has 9 heteroatoms. The monoisotopic (exact) mass is 586 g/mol. The van der Waals surface area contributed by atoms with E-state index in [0.717, 1.165) is 67.3 Å². The van der Waals surface area contributed by atoms with Crippen LogP contribution in [0.2, 0.25) is 5.02 Å². The molecular formula is C33H35ClN4O4. The van der Waals surface area contributed by atoms with Crippen molar-refractivity contribution in [3.8, 4) is 11.5 Å². The average molecular weight is 587 g/mol. The first kappa shape index (κ1) is 28.3. The number of hydrogen-bond donors (Lipinski definition) is 2. The fourth-order valence-corrected chi connectivity index (χ4v) is 6.16.